The average Bonchev–Trinajstić information content (AvgIpc) is 3.22. The number of nitrogens with zero attached hydrogens (tertiary/aromatic N) is 3. The van der Waals surface area contributed by atoms with Crippen molar-refractivity contribution in [3.05, 3.63) is 38.9 Å². The summed E-state index contributed by atoms with van der Waals surface area (Å²) in [6, 6.07) is 5.97. The Balaban J connectivity index is 2.26. The summed E-state index contributed by atoms with van der Waals surface area (Å²) >= 11 is 5.81. The lowest BCUT2D eigenvalue weighted by Gasteiger charge is -2.21. The summed E-state index contributed by atoms with van der Waals surface area (Å²) in [5.41, 5.74) is -0.0223. The molecular formula is C13H12ClN3O3. The fourth-order valence-electron chi connectivity index (χ4n) is 1.98. The Morgan fingerprint density at radius 1 is 1.50 bits per heavy atom. The zero-order valence-electron chi connectivity index (χ0n) is 10.6. The summed E-state index contributed by atoms with van der Waals surface area (Å²) in [6.45, 7) is 0.334. The first kappa shape index (κ1) is 14.3. The van der Waals surface area contributed by atoms with Crippen LogP contribution in [0, 0.1) is 21.4 Å². The molecule has 0 radical (unpaired) electrons. The molecule has 0 saturated heterocycles. The van der Waals surface area contributed by atoms with Crippen LogP contribution in [0.2, 0.25) is 5.02 Å². The maximum Gasteiger partial charge on any atom is 0.271 e. The third-order valence-corrected chi connectivity index (χ3v) is 3.27. The number of nitriles is 1. The van der Waals surface area contributed by atoms with Gasteiger partial charge in [-0.1, -0.05) is 11.6 Å². The van der Waals surface area contributed by atoms with Gasteiger partial charge in [0.1, 0.15) is 0 Å². The van der Waals surface area contributed by atoms with Crippen LogP contribution in [0.4, 0.5) is 5.69 Å². The number of carbonyl (C=O) groups excluding carboxylic acids is 1. The van der Waals surface area contributed by atoms with E-state index >= 15 is 0 Å². The Hall–Kier alpha value is -2.13. The number of nitro benzene ring substituents is 1. The second kappa shape index (κ2) is 5.88. The number of hydrogen-bond donors (Lipinski definition) is 0. The molecular weight excluding hydrogens is 282 g/mol. The maximum absolute atomic E-state index is 12.4. The number of hydrogen-bond acceptors (Lipinski definition) is 4. The van der Waals surface area contributed by atoms with Crippen molar-refractivity contribution in [2.45, 2.75) is 25.3 Å². The van der Waals surface area contributed by atoms with Gasteiger partial charge in [-0.05, 0) is 18.9 Å². The summed E-state index contributed by atoms with van der Waals surface area (Å²) in [6.07, 6.45) is 2.05. The van der Waals surface area contributed by atoms with Crippen molar-refractivity contribution in [1.29, 1.82) is 5.26 Å². The first-order chi connectivity index (χ1) is 9.52. The van der Waals surface area contributed by atoms with Gasteiger partial charge in [0.25, 0.3) is 11.6 Å². The molecule has 6 nitrogen and oxygen atoms in total. The molecule has 0 aromatic heterocycles. The van der Waals surface area contributed by atoms with Crippen molar-refractivity contribution < 1.29 is 9.72 Å². The van der Waals surface area contributed by atoms with E-state index in [-0.39, 0.29) is 34.6 Å². The van der Waals surface area contributed by atoms with Crippen LogP contribution in [0.5, 0.6) is 0 Å². The van der Waals surface area contributed by atoms with Crippen LogP contribution in [0.1, 0.15) is 29.6 Å². The van der Waals surface area contributed by atoms with Gasteiger partial charge in [-0.2, -0.15) is 5.26 Å². The molecule has 20 heavy (non-hydrogen) atoms. The molecule has 0 aliphatic heterocycles. The lowest BCUT2D eigenvalue weighted by atomic mass is 10.1. The number of amides is 1. The van der Waals surface area contributed by atoms with E-state index in [0.717, 1.165) is 12.8 Å². The molecule has 0 unspecified atom stereocenters. The van der Waals surface area contributed by atoms with Gasteiger partial charge in [0, 0.05) is 35.3 Å². The Morgan fingerprint density at radius 2 is 2.20 bits per heavy atom. The van der Waals surface area contributed by atoms with Crippen molar-refractivity contribution >= 4 is 23.2 Å². The van der Waals surface area contributed by atoms with Crippen molar-refractivity contribution in [1.82, 2.24) is 4.90 Å². The normalized spacial score (nSPS) is 13.6. The fraction of sp³-hybridized carbons (Fsp3) is 0.385. The van der Waals surface area contributed by atoms with Crippen molar-refractivity contribution in [3.8, 4) is 6.07 Å². The minimum atomic E-state index is -0.584. The Labute approximate surface area is 120 Å². The Bertz CT molecular complexity index is 593. The van der Waals surface area contributed by atoms with Gasteiger partial charge in [0.15, 0.2) is 0 Å². The molecule has 1 aliphatic rings. The van der Waals surface area contributed by atoms with E-state index in [2.05, 4.69) is 0 Å². The lowest BCUT2D eigenvalue weighted by molar-refractivity contribution is -0.384. The Kier molecular flexibility index (Phi) is 4.20. The molecule has 1 aromatic rings. The van der Waals surface area contributed by atoms with E-state index in [1.54, 1.807) is 4.90 Å². The van der Waals surface area contributed by atoms with Crippen molar-refractivity contribution in [2.24, 2.45) is 0 Å². The number of carbonyl (C=O) groups is 1. The summed E-state index contributed by atoms with van der Waals surface area (Å²) in [5.74, 6) is -0.312. The van der Waals surface area contributed by atoms with Crippen LogP contribution in [0.15, 0.2) is 18.2 Å². The molecule has 0 atom stereocenters. The molecule has 0 spiro atoms. The predicted molar refractivity (Wildman–Crippen MR) is 72.4 cm³/mol. The van der Waals surface area contributed by atoms with Crippen molar-refractivity contribution in [2.75, 3.05) is 6.54 Å². The van der Waals surface area contributed by atoms with Crippen LogP contribution >= 0.6 is 11.6 Å². The molecule has 104 valence electrons. The molecule has 2 rings (SSSR count). The van der Waals surface area contributed by atoms with Crippen LogP contribution in [-0.4, -0.2) is 28.3 Å². The number of nitro groups is 1. The highest BCUT2D eigenvalue weighted by molar-refractivity contribution is 6.31. The molecule has 0 bridgehead atoms. The SMILES string of the molecule is N#CCCN(C(=O)c1cc(Cl)cc([N+](=O)[O-])c1)C1CC1. The van der Waals surface area contributed by atoms with Crippen LogP contribution in [-0.2, 0) is 0 Å². The van der Waals surface area contributed by atoms with Gasteiger partial charge >= 0.3 is 0 Å². The van der Waals surface area contributed by atoms with E-state index in [0.29, 0.717) is 6.54 Å². The van der Waals surface area contributed by atoms with Crippen LogP contribution in [0.3, 0.4) is 0 Å². The second-order valence-corrected chi connectivity index (χ2v) is 5.03. The minimum Gasteiger partial charge on any atom is -0.335 e. The number of benzene rings is 1. The van der Waals surface area contributed by atoms with Crippen LogP contribution < -0.4 is 0 Å². The molecule has 1 aliphatic carbocycles. The first-order valence-electron chi connectivity index (χ1n) is 6.16. The lowest BCUT2D eigenvalue weighted by Crippen LogP contribution is -2.33. The van der Waals surface area contributed by atoms with E-state index < -0.39 is 4.92 Å². The zero-order valence-corrected chi connectivity index (χ0v) is 11.3. The highest BCUT2D eigenvalue weighted by Crippen LogP contribution is 2.30. The average molecular weight is 294 g/mol. The van der Waals surface area contributed by atoms with Gasteiger partial charge in [0.2, 0.25) is 0 Å². The van der Waals surface area contributed by atoms with Gasteiger partial charge in [-0.3, -0.25) is 14.9 Å². The van der Waals surface area contributed by atoms with Crippen LogP contribution in [0.25, 0.3) is 0 Å². The zero-order chi connectivity index (χ0) is 14.7. The predicted octanol–water partition coefficient (Wildman–Crippen LogP) is 2.77. The number of halogens is 1. The smallest absolute Gasteiger partial charge is 0.271 e. The summed E-state index contributed by atoms with van der Waals surface area (Å²) < 4.78 is 0. The summed E-state index contributed by atoms with van der Waals surface area (Å²) in [7, 11) is 0. The highest BCUT2D eigenvalue weighted by Gasteiger charge is 2.33. The topological polar surface area (TPSA) is 87.2 Å². The minimum absolute atomic E-state index is 0.133. The molecule has 1 amide bonds. The molecule has 7 heteroatoms. The van der Waals surface area contributed by atoms with E-state index in [9.17, 15) is 14.9 Å². The van der Waals surface area contributed by atoms with Gasteiger partial charge in [-0.25, -0.2) is 0 Å². The monoisotopic (exact) mass is 293 g/mol. The fourth-order valence-corrected chi connectivity index (χ4v) is 2.20. The van der Waals surface area contributed by atoms with Crippen molar-refractivity contribution in [3.63, 3.8) is 0 Å². The maximum atomic E-state index is 12.4. The van der Waals surface area contributed by atoms with E-state index in [4.69, 9.17) is 16.9 Å². The molecule has 1 saturated carbocycles. The second-order valence-electron chi connectivity index (χ2n) is 4.59. The van der Waals surface area contributed by atoms with Gasteiger partial charge in [0.05, 0.1) is 17.4 Å². The van der Waals surface area contributed by atoms with E-state index in [1.165, 1.54) is 18.2 Å². The first-order valence-corrected chi connectivity index (χ1v) is 6.53. The largest absolute Gasteiger partial charge is 0.335 e. The molecule has 0 N–H and O–H groups in total. The molecule has 0 heterocycles. The van der Waals surface area contributed by atoms with Gasteiger partial charge in [-0.15, -0.1) is 0 Å². The third-order valence-electron chi connectivity index (χ3n) is 3.05. The molecule has 1 aromatic carbocycles. The summed E-state index contributed by atoms with van der Waals surface area (Å²) in [4.78, 5) is 24.2. The highest BCUT2D eigenvalue weighted by atomic mass is 35.5. The number of non-ortho nitro benzene ring substituents is 1. The standard InChI is InChI=1S/C13H12ClN3O3/c14-10-6-9(7-12(8-10)17(19)20)13(18)16(5-1-4-15)11-2-3-11/h6-8,11H,1-3,5H2. The third kappa shape index (κ3) is 3.25. The van der Waals surface area contributed by atoms with Gasteiger partial charge < -0.3 is 4.90 Å². The molecule has 1 fully saturated rings. The number of rotatable bonds is 5. The quantitative estimate of drug-likeness (QED) is 0.617. The Morgan fingerprint density at radius 3 is 2.75 bits per heavy atom. The van der Waals surface area contributed by atoms with E-state index in [1.807, 2.05) is 6.07 Å². The summed E-state index contributed by atoms with van der Waals surface area (Å²) in [5, 5.41) is 19.6.